The number of aliphatic hydroxyl groups excluding tert-OH is 1. The van der Waals surface area contributed by atoms with Gasteiger partial charge < -0.3 is 15.5 Å². The van der Waals surface area contributed by atoms with Gasteiger partial charge in [-0.05, 0) is 25.1 Å². The van der Waals surface area contributed by atoms with E-state index < -0.39 is 16.0 Å². The van der Waals surface area contributed by atoms with Crippen molar-refractivity contribution >= 4 is 21.7 Å². The molecule has 1 aromatic rings. The van der Waals surface area contributed by atoms with Gasteiger partial charge >= 0.3 is 5.97 Å². The fourth-order valence-corrected chi connectivity index (χ4v) is 2.52. The number of carboxylic acids is 1. The Bertz CT molecular complexity index is 556. The van der Waals surface area contributed by atoms with Gasteiger partial charge in [0.1, 0.15) is 0 Å². The molecule has 8 heteroatoms. The number of rotatable bonds is 7. The van der Waals surface area contributed by atoms with Gasteiger partial charge in [-0.15, -0.1) is 0 Å². The molecule has 0 saturated heterocycles. The number of benzene rings is 1. The normalized spacial score (nSPS) is 11.3. The zero-order valence-electron chi connectivity index (χ0n) is 10.4. The molecule has 0 unspecified atom stereocenters. The van der Waals surface area contributed by atoms with Gasteiger partial charge in [0.25, 0.3) is 0 Å². The molecule has 106 valence electrons. The highest BCUT2D eigenvalue weighted by atomic mass is 32.2. The van der Waals surface area contributed by atoms with Gasteiger partial charge in [0.15, 0.2) is 0 Å². The molecule has 0 aliphatic carbocycles. The van der Waals surface area contributed by atoms with Crippen LogP contribution in [0.4, 0.5) is 5.69 Å². The smallest absolute Gasteiger partial charge is 0.337 e. The number of hydrogen-bond donors (Lipinski definition) is 4. The highest BCUT2D eigenvalue weighted by Crippen LogP contribution is 2.20. The van der Waals surface area contributed by atoms with Crippen LogP contribution in [-0.2, 0) is 10.0 Å². The van der Waals surface area contributed by atoms with Crippen LogP contribution in [-0.4, -0.2) is 44.3 Å². The van der Waals surface area contributed by atoms with Crippen molar-refractivity contribution in [2.75, 3.05) is 25.0 Å². The third kappa shape index (κ3) is 3.91. The monoisotopic (exact) mass is 288 g/mol. The number of carbonyl (C=O) groups is 1. The van der Waals surface area contributed by atoms with Crippen LogP contribution in [0.3, 0.4) is 0 Å². The molecule has 0 aromatic heterocycles. The fraction of sp³-hybridized carbons (Fsp3) is 0.364. The molecular formula is C11H16N2O5S. The first-order valence-electron chi connectivity index (χ1n) is 5.64. The van der Waals surface area contributed by atoms with E-state index in [4.69, 9.17) is 10.2 Å². The van der Waals surface area contributed by atoms with E-state index in [0.29, 0.717) is 12.2 Å². The molecule has 0 bridgehead atoms. The quantitative estimate of drug-likeness (QED) is 0.565. The molecule has 1 aromatic carbocycles. The number of anilines is 1. The van der Waals surface area contributed by atoms with Gasteiger partial charge in [0, 0.05) is 18.8 Å². The maximum absolute atomic E-state index is 11.8. The third-order valence-corrected chi connectivity index (χ3v) is 3.76. The number of aromatic carboxylic acids is 1. The first-order chi connectivity index (χ1) is 8.92. The summed E-state index contributed by atoms with van der Waals surface area (Å²) in [6.45, 7) is 1.87. The first kappa shape index (κ1) is 15.4. The van der Waals surface area contributed by atoms with Gasteiger partial charge in [-0.3, -0.25) is 0 Å². The molecule has 1 rings (SSSR count). The predicted molar refractivity (Wildman–Crippen MR) is 69.8 cm³/mol. The van der Waals surface area contributed by atoms with E-state index in [1.54, 1.807) is 6.92 Å². The highest BCUT2D eigenvalue weighted by molar-refractivity contribution is 7.89. The van der Waals surface area contributed by atoms with E-state index in [1.807, 2.05) is 0 Å². The minimum Gasteiger partial charge on any atom is -0.478 e. The summed E-state index contributed by atoms with van der Waals surface area (Å²) < 4.78 is 25.8. The Labute approximate surface area is 111 Å². The van der Waals surface area contributed by atoms with E-state index >= 15 is 0 Å². The van der Waals surface area contributed by atoms with Gasteiger partial charge in [0.2, 0.25) is 10.0 Å². The molecule has 0 spiro atoms. The standard InChI is InChI=1S/C11H16N2O5S/c1-2-12-10-4-3-8(7-9(10)11(15)16)19(17,18)13-5-6-14/h3-4,7,12-14H,2,5-6H2,1H3,(H,15,16). The summed E-state index contributed by atoms with van der Waals surface area (Å²) >= 11 is 0. The molecule has 0 fully saturated rings. The summed E-state index contributed by atoms with van der Waals surface area (Å²) in [6, 6.07) is 3.80. The lowest BCUT2D eigenvalue weighted by Gasteiger charge is -2.10. The summed E-state index contributed by atoms with van der Waals surface area (Å²) in [5, 5.41) is 20.5. The van der Waals surface area contributed by atoms with Crippen molar-refractivity contribution in [3.05, 3.63) is 23.8 Å². The van der Waals surface area contributed by atoms with E-state index in [1.165, 1.54) is 12.1 Å². The maximum Gasteiger partial charge on any atom is 0.337 e. The lowest BCUT2D eigenvalue weighted by Crippen LogP contribution is -2.27. The molecule has 0 saturated carbocycles. The van der Waals surface area contributed by atoms with Crippen molar-refractivity contribution in [2.45, 2.75) is 11.8 Å². The predicted octanol–water partition coefficient (Wildman–Crippen LogP) is 0.0872. The van der Waals surface area contributed by atoms with Crippen LogP contribution >= 0.6 is 0 Å². The number of carboxylic acid groups (broad SMARTS) is 1. The second kappa shape index (κ2) is 6.50. The Morgan fingerprint density at radius 2 is 2.05 bits per heavy atom. The van der Waals surface area contributed by atoms with E-state index in [0.717, 1.165) is 6.07 Å². The van der Waals surface area contributed by atoms with Crippen molar-refractivity contribution in [3.8, 4) is 0 Å². The van der Waals surface area contributed by atoms with E-state index in [9.17, 15) is 13.2 Å². The molecule has 0 aliphatic rings. The van der Waals surface area contributed by atoms with Crippen molar-refractivity contribution in [1.29, 1.82) is 0 Å². The minimum atomic E-state index is -3.81. The van der Waals surface area contributed by atoms with Crippen molar-refractivity contribution < 1.29 is 23.4 Å². The fourth-order valence-electron chi connectivity index (χ4n) is 1.48. The Morgan fingerprint density at radius 1 is 1.37 bits per heavy atom. The maximum atomic E-state index is 11.8. The number of nitrogens with one attached hydrogen (secondary N) is 2. The van der Waals surface area contributed by atoms with Crippen LogP contribution < -0.4 is 10.0 Å². The van der Waals surface area contributed by atoms with Gasteiger partial charge in [-0.1, -0.05) is 0 Å². The molecule has 0 heterocycles. The summed E-state index contributed by atoms with van der Waals surface area (Å²) in [6.07, 6.45) is 0. The SMILES string of the molecule is CCNc1ccc(S(=O)(=O)NCCO)cc1C(=O)O. The van der Waals surface area contributed by atoms with Crippen molar-refractivity contribution in [2.24, 2.45) is 0 Å². The Hall–Kier alpha value is -1.64. The number of aliphatic hydroxyl groups is 1. The van der Waals surface area contributed by atoms with Gasteiger partial charge in [0.05, 0.1) is 17.1 Å². The van der Waals surface area contributed by atoms with Crippen LogP contribution in [0.15, 0.2) is 23.1 Å². The van der Waals surface area contributed by atoms with Crippen LogP contribution in [0.5, 0.6) is 0 Å². The van der Waals surface area contributed by atoms with Gasteiger partial charge in [-0.2, -0.15) is 0 Å². The average molecular weight is 288 g/mol. The average Bonchev–Trinajstić information content (AvgIpc) is 2.37. The lowest BCUT2D eigenvalue weighted by molar-refractivity contribution is 0.0697. The molecule has 0 radical (unpaired) electrons. The van der Waals surface area contributed by atoms with E-state index in [-0.39, 0.29) is 23.6 Å². The Kier molecular flexibility index (Phi) is 5.28. The third-order valence-electron chi connectivity index (χ3n) is 2.30. The van der Waals surface area contributed by atoms with Crippen LogP contribution in [0.25, 0.3) is 0 Å². The highest BCUT2D eigenvalue weighted by Gasteiger charge is 2.18. The zero-order chi connectivity index (χ0) is 14.5. The number of sulfonamides is 1. The van der Waals surface area contributed by atoms with Crippen molar-refractivity contribution in [1.82, 2.24) is 4.72 Å². The minimum absolute atomic E-state index is 0.117. The largest absolute Gasteiger partial charge is 0.478 e. The topological polar surface area (TPSA) is 116 Å². The molecule has 0 aliphatic heterocycles. The zero-order valence-corrected chi connectivity index (χ0v) is 11.2. The Morgan fingerprint density at radius 3 is 2.58 bits per heavy atom. The molecule has 0 amide bonds. The Balaban J connectivity index is 3.18. The van der Waals surface area contributed by atoms with Crippen LogP contribution in [0, 0.1) is 0 Å². The van der Waals surface area contributed by atoms with Crippen molar-refractivity contribution in [3.63, 3.8) is 0 Å². The van der Waals surface area contributed by atoms with Gasteiger partial charge in [-0.25, -0.2) is 17.9 Å². The first-order valence-corrected chi connectivity index (χ1v) is 7.12. The summed E-state index contributed by atoms with van der Waals surface area (Å²) in [4.78, 5) is 10.9. The summed E-state index contributed by atoms with van der Waals surface area (Å²) in [5.74, 6) is -1.21. The molecule has 4 N–H and O–H groups in total. The molecular weight excluding hydrogens is 272 g/mol. The second-order valence-electron chi connectivity index (χ2n) is 3.66. The lowest BCUT2D eigenvalue weighted by atomic mass is 10.2. The summed E-state index contributed by atoms with van der Waals surface area (Å²) in [5.41, 5.74) is 0.241. The number of hydrogen-bond acceptors (Lipinski definition) is 5. The molecule has 19 heavy (non-hydrogen) atoms. The van der Waals surface area contributed by atoms with Crippen LogP contribution in [0.2, 0.25) is 0 Å². The molecule has 0 atom stereocenters. The molecule has 7 nitrogen and oxygen atoms in total. The van der Waals surface area contributed by atoms with Crippen LogP contribution in [0.1, 0.15) is 17.3 Å². The second-order valence-corrected chi connectivity index (χ2v) is 5.43. The summed E-state index contributed by atoms with van der Waals surface area (Å²) in [7, 11) is -3.81. The van der Waals surface area contributed by atoms with E-state index in [2.05, 4.69) is 10.0 Å².